The predicted molar refractivity (Wildman–Crippen MR) is 87.7 cm³/mol. The van der Waals surface area contributed by atoms with Gasteiger partial charge < -0.3 is 10.6 Å². The Bertz CT molecular complexity index is 631. The van der Waals surface area contributed by atoms with E-state index in [1.165, 1.54) is 5.56 Å². The molecule has 1 aromatic heterocycles. The zero-order valence-corrected chi connectivity index (χ0v) is 13.7. The van der Waals surface area contributed by atoms with Crippen LogP contribution in [0.25, 0.3) is 0 Å². The Morgan fingerprint density at radius 3 is 2.50 bits per heavy atom. The van der Waals surface area contributed by atoms with Crippen molar-refractivity contribution in [1.29, 1.82) is 0 Å². The molecule has 1 unspecified atom stereocenters. The van der Waals surface area contributed by atoms with Crippen molar-refractivity contribution in [3.05, 3.63) is 52.8 Å². The molecule has 22 heavy (non-hydrogen) atoms. The molecule has 0 saturated carbocycles. The van der Waals surface area contributed by atoms with E-state index < -0.39 is 0 Å². The lowest BCUT2D eigenvalue weighted by atomic mass is 10.1. The van der Waals surface area contributed by atoms with Crippen molar-refractivity contribution in [2.24, 2.45) is 0 Å². The van der Waals surface area contributed by atoms with Gasteiger partial charge in [-0.2, -0.15) is 5.10 Å². The van der Waals surface area contributed by atoms with E-state index >= 15 is 0 Å². The Hall–Kier alpha value is -2.30. The first kappa shape index (κ1) is 16.1. The van der Waals surface area contributed by atoms with Crippen LogP contribution in [0.15, 0.2) is 30.3 Å². The van der Waals surface area contributed by atoms with Gasteiger partial charge in [-0.1, -0.05) is 29.8 Å². The van der Waals surface area contributed by atoms with Crippen LogP contribution in [-0.2, 0) is 13.1 Å². The maximum atomic E-state index is 11.9. The van der Waals surface area contributed by atoms with Gasteiger partial charge >= 0.3 is 6.03 Å². The van der Waals surface area contributed by atoms with Gasteiger partial charge in [0.15, 0.2) is 0 Å². The van der Waals surface area contributed by atoms with E-state index in [1.807, 2.05) is 62.7 Å². The minimum Gasteiger partial charge on any atom is -0.334 e. The molecule has 5 nitrogen and oxygen atoms in total. The number of amides is 2. The number of nitrogens with zero attached hydrogens (tertiary/aromatic N) is 2. The molecule has 1 atom stereocenters. The Morgan fingerprint density at radius 1 is 1.23 bits per heavy atom. The SMILES string of the molecule is Cc1ccc(CNC(=O)NC(C)Cn2nc(C)cc2C)cc1. The van der Waals surface area contributed by atoms with Crippen LogP contribution in [0.3, 0.4) is 0 Å². The summed E-state index contributed by atoms with van der Waals surface area (Å²) in [7, 11) is 0. The number of carbonyl (C=O) groups is 1. The lowest BCUT2D eigenvalue weighted by Crippen LogP contribution is -2.42. The van der Waals surface area contributed by atoms with Crippen LogP contribution in [0.5, 0.6) is 0 Å². The molecule has 5 heteroatoms. The fourth-order valence-corrected chi connectivity index (χ4v) is 2.33. The zero-order valence-electron chi connectivity index (χ0n) is 13.7. The van der Waals surface area contributed by atoms with Gasteiger partial charge in [-0.05, 0) is 39.3 Å². The van der Waals surface area contributed by atoms with Crippen LogP contribution in [0.2, 0.25) is 0 Å². The molecule has 1 heterocycles. The monoisotopic (exact) mass is 300 g/mol. The van der Waals surface area contributed by atoms with Crippen LogP contribution >= 0.6 is 0 Å². The van der Waals surface area contributed by atoms with E-state index in [0.29, 0.717) is 13.1 Å². The average Bonchev–Trinajstić information content (AvgIpc) is 2.76. The smallest absolute Gasteiger partial charge is 0.315 e. The number of nitrogens with one attached hydrogen (secondary N) is 2. The van der Waals surface area contributed by atoms with Gasteiger partial charge in [0.25, 0.3) is 0 Å². The maximum Gasteiger partial charge on any atom is 0.315 e. The number of benzene rings is 1. The molecule has 0 aliphatic carbocycles. The minimum atomic E-state index is -0.158. The average molecular weight is 300 g/mol. The van der Waals surface area contributed by atoms with E-state index in [1.54, 1.807) is 0 Å². The maximum absolute atomic E-state index is 11.9. The molecule has 0 aliphatic heterocycles. The summed E-state index contributed by atoms with van der Waals surface area (Å²) in [6, 6.07) is 10.0. The Morgan fingerprint density at radius 2 is 1.91 bits per heavy atom. The topological polar surface area (TPSA) is 59.0 Å². The van der Waals surface area contributed by atoms with Gasteiger partial charge in [0.1, 0.15) is 0 Å². The lowest BCUT2D eigenvalue weighted by molar-refractivity contribution is 0.235. The van der Waals surface area contributed by atoms with Gasteiger partial charge in [-0.15, -0.1) is 0 Å². The third-order valence-electron chi connectivity index (χ3n) is 3.50. The Labute approximate surface area is 131 Å². The summed E-state index contributed by atoms with van der Waals surface area (Å²) in [6.07, 6.45) is 0. The van der Waals surface area contributed by atoms with Crippen molar-refractivity contribution in [3.63, 3.8) is 0 Å². The van der Waals surface area contributed by atoms with Crippen LogP contribution < -0.4 is 10.6 Å². The summed E-state index contributed by atoms with van der Waals surface area (Å²) in [5.74, 6) is 0. The number of hydrogen-bond acceptors (Lipinski definition) is 2. The van der Waals surface area contributed by atoms with Crippen molar-refractivity contribution < 1.29 is 4.79 Å². The van der Waals surface area contributed by atoms with Gasteiger partial charge in [-0.25, -0.2) is 4.79 Å². The zero-order chi connectivity index (χ0) is 16.1. The number of carbonyl (C=O) groups excluding carboxylic acids is 1. The van der Waals surface area contributed by atoms with Gasteiger partial charge in [0.2, 0.25) is 0 Å². The quantitative estimate of drug-likeness (QED) is 0.892. The van der Waals surface area contributed by atoms with Crippen LogP contribution in [-0.4, -0.2) is 21.9 Å². The van der Waals surface area contributed by atoms with Gasteiger partial charge in [0, 0.05) is 18.3 Å². The molecule has 0 fully saturated rings. The Balaban J connectivity index is 1.78. The molecule has 0 spiro atoms. The molecule has 0 saturated heterocycles. The fraction of sp³-hybridized carbons (Fsp3) is 0.412. The summed E-state index contributed by atoms with van der Waals surface area (Å²) < 4.78 is 1.92. The first-order valence-electron chi connectivity index (χ1n) is 7.55. The second-order valence-electron chi connectivity index (χ2n) is 5.82. The highest BCUT2D eigenvalue weighted by Crippen LogP contribution is 2.04. The number of rotatable bonds is 5. The first-order valence-corrected chi connectivity index (χ1v) is 7.55. The molecule has 0 radical (unpaired) electrons. The second kappa shape index (κ2) is 7.11. The normalized spacial score (nSPS) is 12.0. The fourth-order valence-electron chi connectivity index (χ4n) is 2.33. The third-order valence-corrected chi connectivity index (χ3v) is 3.50. The van der Waals surface area contributed by atoms with E-state index in [9.17, 15) is 4.79 Å². The van der Waals surface area contributed by atoms with Crippen molar-refractivity contribution in [2.75, 3.05) is 0 Å². The molecule has 0 aliphatic rings. The highest BCUT2D eigenvalue weighted by atomic mass is 16.2. The van der Waals surface area contributed by atoms with E-state index in [-0.39, 0.29) is 12.1 Å². The van der Waals surface area contributed by atoms with Crippen molar-refractivity contribution in [3.8, 4) is 0 Å². The molecule has 2 aromatic rings. The highest BCUT2D eigenvalue weighted by Gasteiger charge is 2.10. The summed E-state index contributed by atoms with van der Waals surface area (Å²) in [4.78, 5) is 11.9. The molecule has 1 aromatic carbocycles. The van der Waals surface area contributed by atoms with Crippen molar-refractivity contribution in [2.45, 2.75) is 46.8 Å². The van der Waals surface area contributed by atoms with E-state index in [4.69, 9.17) is 0 Å². The van der Waals surface area contributed by atoms with Crippen LogP contribution in [0, 0.1) is 20.8 Å². The van der Waals surface area contributed by atoms with Gasteiger partial charge in [0.05, 0.1) is 12.2 Å². The molecule has 2 N–H and O–H groups in total. The van der Waals surface area contributed by atoms with Crippen molar-refractivity contribution >= 4 is 6.03 Å². The lowest BCUT2D eigenvalue weighted by Gasteiger charge is -2.15. The predicted octanol–water partition coefficient (Wildman–Crippen LogP) is 2.70. The minimum absolute atomic E-state index is 0.0102. The molecule has 2 amide bonds. The van der Waals surface area contributed by atoms with Crippen molar-refractivity contribution in [1.82, 2.24) is 20.4 Å². The second-order valence-corrected chi connectivity index (χ2v) is 5.82. The summed E-state index contributed by atoms with van der Waals surface area (Å²) in [6.45, 7) is 9.20. The summed E-state index contributed by atoms with van der Waals surface area (Å²) in [5, 5.41) is 10.2. The molecule has 2 rings (SSSR count). The van der Waals surface area contributed by atoms with Gasteiger partial charge in [-0.3, -0.25) is 4.68 Å². The third kappa shape index (κ3) is 4.62. The van der Waals surface area contributed by atoms with E-state index in [2.05, 4.69) is 15.7 Å². The molecular formula is C17H24N4O. The van der Waals surface area contributed by atoms with Crippen LogP contribution in [0.4, 0.5) is 4.79 Å². The number of urea groups is 1. The van der Waals surface area contributed by atoms with E-state index in [0.717, 1.165) is 17.0 Å². The molecule has 118 valence electrons. The number of aromatic nitrogens is 2. The largest absolute Gasteiger partial charge is 0.334 e. The summed E-state index contributed by atoms with van der Waals surface area (Å²) in [5.41, 5.74) is 4.40. The highest BCUT2D eigenvalue weighted by molar-refractivity contribution is 5.74. The number of aryl methyl sites for hydroxylation is 3. The first-order chi connectivity index (χ1) is 10.4. The Kier molecular flexibility index (Phi) is 5.20. The summed E-state index contributed by atoms with van der Waals surface area (Å²) >= 11 is 0. The number of hydrogen-bond donors (Lipinski definition) is 2. The standard InChI is InChI=1S/C17H24N4O/c1-12-5-7-16(8-6-12)10-18-17(22)19-14(3)11-21-15(4)9-13(2)20-21/h5-9,14H,10-11H2,1-4H3,(H2,18,19,22). The van der Waals surface area contributed by atoms with Crippen LogP contribution in [0.1, 0.15) is 29.4 Å². The molecule has 0 bridgehead atoms. The molecular weight excluding hydrogens is 276 g/mol.